The number of aryl methyl sites for hydroxylation is 2. The van der Waals surface area contributed by atoms with Gasteiger partial charge in [0.2, 0.25) is 11.9 Å². The van der Waals surface area contributed by atoms with Gasteiger partial charge in [0.1, 0.15) is 11.6 Å². The maximum absolute atomic E-state index is 12.9. The maximum atomic E-state index is 12.9. The third-order valence-electron chi connectivity index (χ3n) is 6.08. The van der Waals surface area contributed by atoms with Crippen LogP contribution in [-0.2, 0) is 24.2 Å². The van der Waals surface area contributed by atoms with Crippen molar-refractivity contribution in [2.45, 2.75) is 19.4 Å². The van der Waals surface area contributed by atoms with Crippen LogP contribution in [0.2, 0.25) is 5.02 Å². The Bertz CT molecular complexity index is 1700. The van der Waals surface area contributed by atoms with E-state index >= 15 is 0 Å². The van der Waals surface area contributed by atoms with E-state index in [1.807, 2.05) is 48.5 Å². The summed E-state index contributed by atoms with van der Waals surface area (Å²) in [5.74, 6) is -0.152. The summed E-state index contributed by atoms with van der Waals surface area (Å²) in [6.45, 7) is -0.200. The zero-order valence-corrected chi connectivity index (χ0v) is 20.2. The molecule has 184 valence electrons. The number of rotatable bonds is 3. The number of nitrogens with one attached hydrogen (secondary N) is 3. The minimum Gasteiger partial charge on any atom is -0.407 e. The SMILES string of the molecule is O=C(Cn1c(=O)oc2c3cc(cc21)Nc1nc(ncc1Cl)Nc1cccc(c1)CC3)Nc1ccccc1. The van der Waals surface area contributed by atoms with Gasteiger partial charge in [-0.1, -0.05) is 41.9 Å². The summed E-state index contributed by atoms with van der Waals surface area (Å²) < 4.78 is 7.00. The fourth-order valence-electron chi connectivity index (χ4n) is 4.37. The van der Waals surface area contributed by atoms with Gasteiger partial charge < -0.3 is 20.4 Å². The number of para-hydroxylation sites is 1. The zero-order chi connectivity index (χ0) is 25.4. The van der Waals surface area contributed by atoms with E-state index < -0.39 is 5.76 Å². The fraction of sp³-hybridized carbons (Fsp3) is 0.111. The van der Waals surface area contributed by atoms with E-state index in [0.717, 1.165) is 16.8 Å². The van der Waals surface area contributed by atoms with Gasteiger partial charge in [-0.25, -0.2) is 9.78 Å². The smallest absolute Gasteiger partial charge is 0.407 e. The third kappa shape index (κ3) is 4.76. The number of carbonyl (C=O) groups excluding carboxylic acids is 1. The molecule has 0 atom stereocenters. The number of nitrogens with zero attached hydrogens (tertiary/aromatic N) is 3. The molecule has 1 aliphatic rings. The van der Waals surface area contributed by atoms with E-state index in [1.165, 1.54) is 10.8 Å². The second kappa shape index (κ2) is 9.44. The monoisotopic (exact) mass is 512 g/mol. The first-order valence-electron chi connectivity index (χ1n) is 11.7. The Hall–Kier alpha value is -4.63. The first kappa shape index (κ1) is 22.8. The summed E-state index contributed by atoms with van der Waals surface area (Å²) in [6, 6.07) is 20.7. The summed E-state index contributed by atoms with van der Waals surface area (Å²) in [5, 5.41) is 9.60. The minimum atomic E-state index is -0.605. The second-order valence-corrected chi connectivity index (χ2v) is 9.10. The first-order valence-corrected chi connectivity index (χ1v) is 12.1. The summed E-state index contributed by atoms with van der Waals surface area (Å²) in [6.07, 6.45) is 2.83. The quantitative estimate of drug-likeness (QED) is 0.302. The highest BCUT2D eigenvalue weighted by Gasteiger charge is 2.19. The van der Waals surface area contributed by atoms with Gasteiger partial charge in [-0.2, -0.15) is 4.98 Å². The Morgan fingerprint density at radius 3 is 2.76 bits per heavy atom. The predicted octanol–water partition coefficient (Wildman–Crippen LogP) is 5.26. The lowest BCUT2D eigenvalue weighted by atomic mass is 10.0. The number of fused-ring (bicyclic) bond motifs is 8. The molecule has 0 fully saturated rings. The van der Waals surface area contributed by atoms with Crippen molar-refractivity contribution in [1.29, 1.82) is 0 Å². The standard InChI is InChI=1S/C27H21ClN6O3/c28-21-14-29-26-32-19-8-4-5-16(11-19)9-10-17-12-20(31-25(21)33-26)13-22-24(17)37-27(36)34(22)15-23(35)30-18-6-2-1-3-7-18/h1-8,11-14H,9-10,15H2,(H,30,35)(H2,29,31,32,33). The summed E-state index contributed by atoms with van der Waals surface area (Å²) >= 11 is 6.39. The van der Waals surface area contributed by atoms with E-state index in [-0.39, 0.29) is 12.5 Å². The van der Waals surface area contributed by atoms with Crippen molar-refractivity contribution in [3.63, 3.8) is 0 Å². The molecule has 3 heterocycles. The Labute approximate surface area is 216 Å². The van der Waals surface area contributed by atoms with E-state index in [0.29, 0.717) is 52.1 Å². The van der Waals surface area contributed by atoms with Crippen LogP contribution in [0, 0.1) is 0 Å². The highest BCUT2D eigenvalue weighted by molar-refractivity contribution is 6.32. The topological polar surface area (TPSA) is 114 Å². The number of hydrogen-bond acceptors (Lipinski definition) is 7. The molecule has 0 saturated heterocycles. The van der Waals surface area contributed by atoms with E-state index in [2.05, 4.69) is 25.9 Å². The molecule has 0 radical (unpaired) electrons. The number of halogens is 1. The Kier molecular flexibility index (Phi) is 5.82. The molecule has 0 unspecified atom stereocenters. The number of amides is 1. The number of benzene rings is 3. The molecule has 3 aromatic carbocycles. The molecule has 1 amide bonds. The molecule has 5 aromatic rings. The molecule has 9 nitrogen and oxygen atoms in total. The van der Waals surface area contributed by atoms with Gasteiger partial charge in [0, 0.05) is 17.1 Å². The molecule has 3 N–H and O–H groups in total. The molecule has 6 bridgehead atoms. The average molecular weight is 513 g/mol. The lowest BCUT2D eigenvalue weighted by molar-refractivity contribution is -0.116. The minimum absolute atomic E-state index is 0.200. The summed E-state index contributed by atoms with van der Waals surface area (Å²) in [5.41, 5.74) is 5.01. The third-order valence-corrected chi connectivity index (χ3v) is 6.36. The lowest BCUT2D eigenvalue weighted by Crippen LogP contribution is -2.24. The number of carbonyl (C=O) groups is 1. The highest BCUT2D eigenvalue weighted by atomic mass is 35.5. The maximum Gasteiger partial charge on any atom is 0.420 e. The van der Waals surface area contributed by atoms with Crippen LogP contribution in [0.1, 0.15) is 11.1 Å². The number of hydrogen-bond donors (Lipinski definition) is 3. The van der Waals surface area contributed by atoms with Crippen LogP contribution in [-0.4, -0.2) is 20.4 Å². The molecule has 0 saturated carbocycles. The van der Waals surface area contributed by atoms with Crippen LogP contribution in [0.4, 0.5) is 28.8 Å². The molecular weight excluding hydrogens is 492 g/mol. The van der Waals surface area contributed by atoms with Crippen molar-refractivity contribution in [1.82, 2.24) is 14.5 Å². The van der Waals surface area contributed by atoms with Crippen molar-refractivity contribution in [3.8, 4) is 0 Å². The molecule has 2 aromatic heterocycles. The van der Waals surface area contributed by atoms with E-state index in [9.17, 15) is 9.59 Å². The van der Waals surface area contributed by atoms with Crippen molar-refractivity contribution >= 4 is 57.4 Å². The molecule has 1 aliphatic heterocycles. The molecule has 6 rings (SSSR count). The number of anilines is 5. The zero-order valence-electron chi connectivity index (χ0n) is 19.5. The Balaban J connectivity index is 1.43. The van der Waals surface area contributed by atoms with Crippen LogP contribution < -0.4 is 21.7 Å². The summed E-state index contributed by atoms with van der Waals surface area (Å²) in [4.78, 5) is 34.4. The lowest BCUT2D eigenvalue weighted by Gasteiger charge is -2.12. The van der Waals surface area contributed by atoms with Crippen molar-refractivity contribution in [3.05, 3.63) is 99.6 Å². The highest BCUT2D eigenvalue weighted by Crippen LogP contribution is 2.30. The molecule has 37 heavy (non-hydrogen) atoms. The first-order chi connectivity index (χ1) is 18.0. The van der Waals surface area contributed by atoms with Crippen LogP contribution in [0.5, 0.6) is 0 Å². The van der Waals surface area contributed by atoms with Gasteiger partial charge in [0.05, 0.1) is 11.7 Å². The fourth-order valence-corrected chi connectivity index (χ4v) is 4.51. The largest absolute Gasteiger partial charge is 0.420 e. The Morgan fingerprint density at radius 2 is 1.89 bits per heavy atom. The number of aromatic nitrogens is 3. The van der Waals surface area contributed by atoms with Crippen LogP contribution in [0.25, 0.3) is 11.1 Å². The van der Waals surface area contributed by atoms with Gasteiger partial charge in [0.25, 0.3) is 0 Å². The van der Waals surface area contributed by atoms with Crippen LogP contribution in [0.3, 0.4) is 0 Å². The molecular formula is C27H21ClN6O3. The van der Waals surface area contributed by atoms with Gasteiger partial charge in [-0.3, -0.25) is 9.36 Å². The van der Waals surface area contributed by atoms with E-state index in [1.54, 1.807) is 18.2 Å². The molecule has 0 aliphatic carbocycles. The normalized spacial score (nSPS) is 12.5. The number of oxazole rings is 1. The van der Waals surface area contributed by atoms with Gasteiger partial charge in [-0.15, -0.1) is 0 Å². The average Bonchev–Trinajstić information content (AvgIpc) is 3.20. The van der Waals surface area contributed by atoms with Crippen molar-refractivity contribution in [2.24, 2.45) is 0 Å². The van der Waals surface area contributed by atoms with E-state index in [4.69, 9.17) is 16.0 Å². The van der Waals surface area contributed by atoms with Gasteiger partial charge in [0.15, 0.2) is 11.4 Å². The van der Waals surface area contributed by atoms with Crippen LogP contribution in [0.15, 0.2) is 82.1 Å². The molecule has 10 heteroatoms. The van der Waals surface area contributed by atoms with Gasteiger partial charge >= 0.3 is 5.76 Å². The van der Waals surface area contributed by atoms with Crippen molar-refractivity contribution in [2.75, 3.05) is 16.0 Å². The second-order valence-electron chi connectivity index (χ2n) is 8.69. The van der Waals surface area contributed by atoms with Crippen LogP contribution >= 0.6 is 11.6 Å². The summed E-state index contributed by atoms with van der Waals surface area (Å²) in [7, 11) is 0. The predicted molar refractivity (Wildman–Crippen MR) is 143 cm³/mol. The molecule has 0 spiro atoms. The van der Waals surface area contributed by atoms with Crippen molar-refractivity contribution < 1.29 is 9.21 Å². The Morgan fingerprint density at radius 1 is 1.03 bits per heavy atom. The van der Waals surface area contributed by atoms with Gasteiger partial charge in [-0.05, 0) is 60.4 Å².